The normalized spacial score (nSPS) is 12.7. The van der Waals surface area contributed by atoms with E-state index in [1.165, 1.54) is 11.8 Å². The molecule has 6 heteroatoms. The van der Waals surface area contributed by atoms with Crippen molar-refractivity contribution in [1.82, 2.24) is 19.7 Å². The van der Waals surface area contributed by atoms with Gasteiger partial charge in [-0.15, -0.1) is 10.2 Å². The van der Waals surface area contributed by atoms with Crippen molar-refractivity contribution in [2.24, 2.45) is 7.05 Å². The second kappa shape index (κ2) is 4.85. The second-order valence-corrected chi connectivity index (χ2v) is 4.78. The maximum Gasteiger partial charge on any atom is 0.197 e. The van der Waals surface area contributed by atoms with Crippen molar-refractivity contribution < 1.29 is 5.11 Å². The van der Waals surface area contributed by atoms with Crippen molar-refractivity contribution in [3.05, 3.63) is 29.7 Å². The summed E-state index contributed by atoms with van der Waals surface area (Å²) < 4.78 is 1.90. The first kappa shape index (κ1) is 12.1. The van der Waals surface area contributed by atoms with Crippen LogP contribution in [-0.2, 0) is 7.05 Å². The number of hydrogen-bond donors (Lipinski definition) is 1. The minimum Gasteiger partial charge on any atom is -0.389 e. The molecule has 5 nitrogen and oxygen atoms in total. The Balaban J connectivity index is 2.24. The van der Waals surface area contributed by atoms with E-state index in [2.05, 4.69) is 15.2 Å². The Labute approximate surface area is 104 Å². The van der Waals surface area contributed by atoms with Gasteiger partial charge in [0.2, 0.25) is 0 Å². The van der Waals surface area contributed by atoms with E-state index in [4.69, 9.17) is 0 Å². The SMILES string of the molecule is Cc1nnc(Sc2cc([C@H](C)O)ccn2)n1C. The Morgan fingerprint density at radius 1 is 1.41 bits per heavy atom. The monoisotopic (exact) mass is 250 g/mol. The molecule has 2 heterocycles. The van der Waals surface area contributed by atoms with Crippen LogP contribution in [0.4, 0.5) is 0 Å². The van der Waals surface area contributed by atoms with Gasteiger partial charge in [0.25, 0.3) is 0 Å². The lowest BCUT2D eigenvalue weighted by atomic mass is 10.2. The average molecular weight is 250 g/mol. The van der Waals surface area contributed by atoms with Gasteiger partial charge in [-0.3, -0.25) is 0 Å². The number of rotatable bonds is 3. The summed E-state index contributed by atoms with van der Waals surface area (Å²) in [6.45, 7) is 3.63. The van der Waals surface area contributed by atoms with Crippen LogP contribution in [0.25, 0.3) is 0 Å². The summed E-state index contributed by atoms with van der Waals surface area (Å²) in [5.74, 6) is 0.860. The van der Waals surface area contributed by atoms with E-state index in [1.54, 1.807) is 19.2 Å². The summed E-state index contributed by atoms with van der Waals surface area (Å²) in [6, 6.07) is 3.66. The molecule has 0 fully saturated rings. The van der Waals surface area contributed by atoms with E-state index in [0.29, 0.717) is 0 Å². The molecule has 2 aromatic rings. The number of aliphatic hydroxyl groups excluding tert-OH is 1. The van der Waals surface area contributed by atoms with Crippen LogP contribution in [0.15, 0.2) is 28.5 Å². The van der Waals surface area contributed by atoms with Gasteiger partial charge in [0.05, 0.1) is 6.10 Å². The topological polar surface area (TPSA) is 63.8 Å². The van der Waals surface area contributed by atoms with Crippen LogP contribution in [0.1, 0.15) is 24.4 Å². The van der Waals surface area contributed by atoms with Gasteiger partial charge < -0.3 is 9.67 Å². The van der Waals surface area contributed by atoms with Crippen LogP contribution in [-0.4, -0.2) is 24.9 Å². The fraction of sp³-hybridized carbons (Fsp3) is 0.364. The number of aryl methyl sites for hydroxylation is 1. The smallest absolute Gasteiger partial charge is 0.197 e. The summed E-state index contributed by atoms with van der Waals surface area (Å²) in [5.41, 5.74) is 0.849. The largest absolute Gasteiger partial charge is 0.389 e. The first-order valence-corrected chi connectivity index (χ1v) is 6.07. The molecule has 0 saturated heterocycles. The minimum atomic E-state index is -0.487. The van der Waals surface area contributed by atoms with E-state index < -0.39 is 6.10 Å². The zero-order valence-corrected chi connectivity index (χ0v) is 10.8. The van der Waals surface area contributed by atoms with Crippen LogP contribution in [0.3, 0.4) is 0 Å². The Hall–Kier alpha value is -1.40. The highest BCUT2D eigenvalue weighted by molar-refractivity contribution is 7.99. The quantitative estimate of drug-likeness (QED) is 0.898. The van der Waals surface area contributed by atoms with Crippen LogP contribution >= 0.6 is 11.8 Å². The van der Waals surface area contributed by atoms with Crippen molar-refractivity contribution in [1.29, 1.82) is 0 Å². The third-order valence-corrected chi connectivity index (χ3v) is 3.46. The molecule has 0 amide bonds. The van der Waals surface area contributed by atoms with Crippen LogP contribution in [0.2, 0.25) is 0 Å². The first-order chi connectivity index (χ1) is 8.08. The standard InChI is InChI=1S/C11H14N4OS/c1-7(16)9-4-5-12-10(6-9)17-11-14-13-8(2)15(11)3/h4-7,16H,1-3H3/t7-/m0/s1. The van der Waals surface area contributed by atoms with E-state index >= 15 is 0 Å². The highest BCUT2D eigenvalue weighted by atomic mass is 32.2. The van der Waals surface area contributed by atoms with E-state index in [1.807, 2.05) is 24.6 Å². The first-order valence-electron chi connectivity index (χ1n) is 5.26. The van der Waals surface area contributed by atoms with E-state index in [9.17, 15) is 5.11 Å². The van der Waals surface area contributed by atoms with Gasteiger partial charge in [-0.1, -0.05) is 0 Å². The van der Waals surface area contributed by atoms with Crippen molar-refractivity contribution in [2.45, 2.75) is 30.1 Å². The van der Waals surface area contributed by atoms with Crippen molar-refractivity contribution in [2.75, 3.05) is 0 Å². The molecule has 17 heavy (non-hydrogen) atoms. The zero-order chi connectivity index (χ0) is 12.4. The third-order valence-electron chi connectivity index (χ3n) is 2.49. The third kappa shape index (κ3) is 2.65. The fourth-order valence-corrected chi connectivity index (χ4v) is 2.16. The lowest BCUT2D eigenvalue weighted by molar-refractivity contribution is 0.199. The van der Waals surface area contributed by atoms with Gasteiger partial charge in [0.15, 0.2) is 5.16 Å². The predicted octanol–water partition coefficient (Wildman–Crippen LogP) is 1.72. The number of pyridine rings is 1. The van der Waals surface area contributed by atoms with Crippen molar-refractivity contribution in [3.63, 3.8) is 0 Å². The molecule has 0 aromatic carbocycles. The van der Waals surface area contributed by atoms with E-state index in [0.717, 1.165) is 21.6 Å². The van der Waals surface area contributed by atoms with Gasteiger partial charge in [0, 0.05) is 13.2 Å². The molecular formula is C11H14N4OS. The van der Waals surface area contributed by atoms with Gasteiger partial charge in [-0.25, -0.2) is 4.98 Å². The molecule has 0 bridgehead atoms. The van der Waals surface area contributed by atoms with E-state index in [-0.39, 0.29) is 0 Å². The number of aliphatic hydroxyl groups is 1. The maximum absolute atomic E-state index is 9.50. The molecule has 90 valence electrons. The molecule has 0 aliphatic carbocycles. The highest BCUT2D eigenvalue weighted by Gasteiger charge is 2.09. The molecule has 0 radical (unpaired) electrons. The Morgan fingerprint density at radius 3 is 2.76 bits per heavy atom. The lowest BCUT2D eigenvalue weighted by Gasteiger charge is -2.06. The van der Waals surface area contributed by atoms with Gasteiger partial charge >= 0.3 is 0 Å². The van der Waals surface area contributed by atoms with Gasteiger partial charge in [0.1, 0.15) is 10.9 Å². The van der Waals surface area contributed by atoms with Gasteiger partial charge in [-0.05, 0) is 43.3 Å². The lowest BCUT2D eigenvalue weighted by Crippen LogP contribution is -1.95. The molecule has 0 saturated carbocycles. The summed E-state index contributed by atoms with van der Waals surface area (Å²) in [7, 11) is 1.91. The molecule has 0 aliphatic heterocycles. The fourth-order valence-electron chi connectivity index (χ4n) is 1.31. The molecule has 1 atom stereocenters. The summed E-state index contributed by atoms with van der Waals surface area (Å²) in [5, 5.41) is 19.1. The number of nitrogens with zero attached hydrogens (tertiary/aromatic N) is 4. The van der Waals surface area contributed by atoms with Crippen molar-refractivity contribution >= 4 is 11.8 Å². The van der Waals surface area contributed by atoms with Crippen LogP contribution in [0, 0.1) is 6.92 Å². The number of aromatic nitrogens is 4. The molecule has 0 spiro atoms. The molecule has 2 aromatic heterocycles. The zero-order valence-electron chi connectivity index (χ0n) is 9.95. The minimum absolute atomic E-state index is 0.487. The average Bonchev–Trinajstić information content (AvgIpc) is 2.61. The molecule has 2 rings (SSSR count). The van der Waals surface area contributed by atoms with Crippen LogP contribution in [0.5, 0.6) is 0 Å². The van der Waals surface area contributed by atoms with Crippen LogP contribution < -0.4 is 0 Å². The highest BCUT2D eigenvalue weighted by Crippen LogP contribution is 2.26. The Kier molecular flexibility index (Phi) is 3.44. The molecular weight excluding hydrogens is 236 g/mol. The summed E-state index contributed by atoms with van der Waals surface area (Å²) in [6.07, 6.45) is 1.20. The Morgan fingerprint density at radius 2 is 2.18 bits per heavy atom. The summed E-state index contributed by atoms with van der Waals surface area (Å²) in [4.78, 5) is 4.24. The summed E-state index contributed by atoms with van der Waals surface area (Å²) >= 11 is 1.43. The molecule has 0 unspecified atom stereocenters. The molecule has 1 N–H and O–H groups in total. The van der Waals surface area contributed by atoms with Crippen molar-refractivity contribution in [3.8, 4) is 0 Å². The van der Waals surface area contributed by atoms with Gasteiger partial charge in [-0.2, -0.15) is 0 Å². The predicted molar refractivity (Wildman–Crippen MR) is 64.7 cm³/mol. The second-order valence-electron chi connectivity index (χ2n) is 3.79. The number of hydrogen-bond acceptors (Lipinski definition) is 5. The molecule has 0 aliphatic rings. The Bertz CT molecular complexity index is 524. The maximum atomic E-state index is 9.50.